The molecule has 1 saturated heterocycles. The van der Waals surface area contributed by atoms with Crippen molar-refractivity contribution in [1.82, 2.24) is 20.3 Å². The minimum Gasteiger partial charge on any atom is -0.331 e. The highest BCUT2D eigenvalue weighted by atomic mass is 16.2. The van der Waals surface area contributed by atoms with Gasteiger partial charge in [-0.3, -0.25) is 19.8 Å². The number of hydrazine groups is 1. The molecule has 0 bridgehead atoms. The van der Waals surface area contributed by atoms with Crippen molar-refractivity contribution in [3.63, 3.8) is 0 Å². The Morgan fingerprint density at radius 3 is 2.00 bits per heavy atom. The summed E-state index contributed by atoms with van der Waals surface area (Å²) in [7, 11) is 0. The van der Waals surface area contributed by atoms with Crippen molar-refractivity contribution in [3.05, 3.63) is 94.6 Å². The fraction of sp³-hybridized carbons (Fsp3) is 0.120. The highest BCUT2D eigenvalue weighted by molar-refractivity contribution is 6.08. The molecule has 0 spiro atoms. The van der Waals surface area contributed by atoms with E-state index >= 15 is 0 Å². The topological polar surface area (TPSA) is 101 Å². The molecule has 8 heteroatoms. The van der Waals surface area contributed by atoms with E-state index in [1.54, 1.807) is 84.3 Å². The number of imide groups is 1. The van der Waals surface area contributed by atoms with Crippen molar-refractivity contribution in [2.24, 2.45) is 0 Å². The maximum atomic E-state index is 13.1. The van der Waals surface area contributed by atoms with Crippen LogP contribution in [-0.2, 0) is 21.7 Å². The molecule has 1 aromatic heterocycles. The molecule has 2 heterocycles. The lowest BCUT2D eigenvalue weighted by Gasteiger charge is -2.22. The van der Waals surface area contributed by atoms with E-state index in [1.807, 2.05) is 6.07 Å². The number of pyridine rings is 1. The summed E-state index contributed by atoms with van der Waals surface area (Å²) in [6.07, 6.45) is 0. The second-order valence-electron chi connectivity index (χ2n) is 8.05. The Labute approximate surface area is 188 Å². The third-order valence-corrected chi connectivity index (χ3v) is 5.96. The summed E-state index contributed by atoms with van der Waals surface area (Å²) in [5.41, 5.74) is 2.80. The molecule has 3 aromatic carbocycles. The molecule has 1 fully saturated rings. The van der Waals surface area contributed by atoms with Crippen LogP contribution in [0.3, 0.4) is 0 Å². The van der Waals surface area contributed by atoms with E-state index in [9.17, 15) is 19.2 Å². The molecule has 1 atom stereocenters. The predicted octanol–water partition coefficient (Wildman–Crippen LogP) is 2.65. The molecule has 1 aliphatic heterocycles. The van der Waals surface area contributed by atoms with Gasteiger partial charge in [-0.2, -0.15) is 5.01 Å². The van der Waals surface area contributed by atoms with Crippen molar-refractivity contribution in [2.75, 3.05) is 0 Å². The van der Waals surface area contributed by atoms with Gasteiger partial charge in [0.1, 0.15) is 12.1 Å². The van der Waals surface area contributed by atoms with E-state index in [0.29, 0.717) is 32.4 Å². The average molecular weight is 440 g/mol. The number of urea groups is 1. The van der Waals surface area contributed by atoms with Crippen molar-refractivity contribution in [3.8, 4) is 0 Å². The molecule has 5 rings (SSSR count). The Kier molecular flexibility index (Phi) is 4.70. The number of para-hydroxylation sites is 2. The number of hydrogen-bond acceptors (Lipinski definition) is 4. The van der Waals surface area contributed by atoms with Gasteiger partial charge in [0.05, 0.1) is 11.0 Å². The molecule has 1 aliphatic rings. The minimum absolute atomic E-state index is 0.120. The first kappa shape index (κ1) is 20.4. The van der Waals surface area contributed by atoms with Crippen LogP contribution in [0.25, 0.3) is 21.8 Å². The SMILES string of the molecule is CC1(c2ccccc2)NC(=O)N(NC(=O)Cn2c3ccccc3c(=O)c3ccccc32)C1=O. The van der Waals surface area contributed by atoms with Crippen molar-refractivity contribution in [1.29, 1.82) is 0 Å². The van der Waals surface area contributed by atoms with Crippen LogP contribution in [0, 0.1) is 0 Å². The number of aromatic nitrogens is 1. The molecule has 0 radical (unpaired) electrons. The van der Waals surface area contributed by atoms with Crippen LogP contribution in [0.4, 0.5) is 4.79 Å². The zero-order chi connectivity index (χ0) is 23.2. The second kappa shape index (κ2) is 7.59. The fourth-order valence-electron chi connectivity index (χ4n) is 4.26. The van der Waals surface area contributed by atoms with Gasteiger partial charge in [0.2, 0.25) is 0 Å². The summed E-state index contributed by atoms with van der Waals surface area (Å²) in [5, 5.41) is 4.33. The molecule has 2 N–H and O–H groups in total. The Bertz CT molecular complexity index is 1440. The van der Waals surface area contributed by atoms with Gasteiger partial charge in [-0.15, -0.1) is 0 Å². The van der Waals surface area contributed by atoms with E-state index < -0.39 is 23.4 Å². The van der Waals surface area contributed by atoms with Gasteiger partial charge in [-0.05, 0) is 36.8 Å². The van der Waals surface area contributed by atoms with E-state index in [2.05, 4.69) is 10.7 Å². The maximum absolute atomic E-state index is 13.1. The number of hydrogen-bond donors (Lipinski definition) is 2. The van der Waals surface area contributed by atoms with E-state index in [0.717, 1.165) is 0 Å². The summed E-state index contributed by atoms with van der Waals surface area (Å²) in [6, 6.07) is 22.2. The summed E-state index contributed by atoms with van der Waals surface area (Å²) in [4.78, 5) is 51.5. The quantitative estimate of drug-likeness (QED) is 0.376. The minimum atomic E-state index is -1.29. The third-order valence-electron chi connectivity index (χ3n) is 5.96. The van der Waals surface area contributed by atoms with E-state index in [-0.39, 0.29) is 12.0 Å². The third kappa shape index (κ3) is 3.23. The molecular formula is C25H20N4O4. The van der Waals surface area contributed by atoms with Gasteiger partial charge in [0, 0.05) is 10.8 Å². The molecule has 8 nitrogen and oxygen atoms in total. The maximum Gasteiger partial charge on any atom is 0.344 e. The zero-order valence-electron chi connectivity index (χ0n) is 17.7. The highest BCUT2D eigenvalue weighted by Crippen LogP contribution is 2.27. The van der Waals surface area contributed by atoms with Crippen LogP contribution in [0.15, 0.2) is 83.7 Å². The molecule has 33 heavy (non-hydrogen) atoms. The number of nitrogens with one attached hydrogen (secondary N) is 2. The number of amides is 4. The summed E-state index contributed by atoms with van der Waals surface area (Å²) >= 11 is 0. The lowest BCUT2D eigenvalue weighted by atomic mass is 9.92. The van der Waals surface area contributed by atoms with Gasteiger partial charge in [0.25, 0.3) is 11.8 Å². The van der Waals surface area contributed by atoms with Crippen molar-refractivity contribution >= 4 is 39.7 Å². The number of rotatable bonds is 4. The first-order chi connectivity index (χ1) is 15.9. The fourth-order valence-corrected chi connectivity index (χ4v) is 4.26. The first-order valence-electron chi connectivity index (χ1n) is 10.4. The van der Waals surface area contributed by atoms with E-state index in [1.165, 1.54) is 0 Å². The number of fused-ring (bicyclic) bond motifs is 2. The Morgan fingerprint density at radius 1 is 0.848 bits per heavy atom. The van der Waals surface area contributed by atoms with Crippen molar-refractivity contribution in [2.45, 2.75) is 19.0 Å². The standard InChI is InChI=1S/C25H20N4O4/c1-25(16-9-3-2-4-10-16)23(32)29(24(33)26-25)27-21(30)15-28-19-13-7-5-11-17(19)22(31)18-12-6-8-14-20(18)28/h2-14H,15H2,1H3,(H,26,33)(H,27,30). The molecule has 4 amide bonds. The molecule has 0 aliphatic carbocycles. The summed E-state index contributed by atoms with van der Waals surface area (Å²) < 4.78 is 1.70. The van der Waals surface area contributed by atoms with Gasteiger partial charge in [-0.25, -0.2) is 4.79 Å². The molecule has 164 valence electrons. The number of benzene rings is 3. The largest absolute Gasteiger partial charge is 0.344 e. The lowest BCUT2D eigenvalue weighted by molar-refractivity contribution is -0.139. The number of carbonyl (C=O) groups excluding carboxylic acids is 3. The normalized spacial score (nSPS) is 18.0. The lowest BCUT2D eigenvalue weighted by Crippen LogP contribution is -2.48. The van der Waals surface area contributed by atoms with Crippen LogP contribution in [0.1, 0.15) is 12.5 Å². The van der Waals surface area contributed by atoms with Gasteiger partial charge < -0.3 is 9.88 Å². The monoisotopic (exact) mass is 440 g/mol. The Hall–Kier alpha value is -4.46. The van der Waals surface area contributed by atoms with Crippen LogP contribution in [-0.4, -0.2) is 27.4 Å². The Morgan fingerprint density at radius 2 is 1.39 bits per heavy atom. The average Bonchev–Trinajstić information content (AvgIpc) is 3.06. The van der Waals surface area contributed by atoms with Crippen LogP contribution in [0.5, 0.6) is 0 Å². The van der Waals surface area contributed by atoms with Gasteiger partial charge >= 0.3 is 6.03 Å². The molecular weight excluding hydrogens is 420 g/mol. The summed E-state index contributed by atoms with van der Waals surface area (Å²) in [6.45, 7) is 1.40. The molecule has 4 aromatic rings. The highest BCUT2D eigenvalue weighted by Gasteiger charge is 2.49. The number of carbonyl (C=O) groups is 3. The van der Waals surface area contributed by atoms with Gasteiger partial charge in [0.15, 0.2) is 5.43 Å². The Balaban J connectivity index is 1.48. The smallest absolute Gasteiger partial charge is 0.331 e. The summed E-state index contributed by atoms with van der Waals surface area (Å²) in [5.74, 6) is -1.16. The first-order valence-corrected chi connectivity index (χ1v) is 10.4. The van der Waals surface area contributed by atoms with Crippen LogP contribution in [0.2, 0.25) is 0 Å². The van der Waals surface area contributed by atoms with Crippen LogP contribution < -0.4 is 16.2 Å². The van der Waals surface area contributed by atoms with Crippen LogP contribution >= 0.6 is 0 Å². The number of nitrogens with zero attached hydrogens (tertiary/aromatic N) is 2. The zero-order valence-corrected chi connectivity index (χ0v) is 17.7. The molecule has 1 unspecified atom stereocenters. The van der Waals surface area contributed by atoms with Gasteiger partial charge in [-0.1, -0.05) is 54.6 Å². The van der Waals surface area contributed by atoms with Crippen molar-refractivity contribution < 1.29 is 14.4 Å². The van der Waals surface area contributed by atoms with E-state index in [4.69, 9.17) is 0 Å². The molecule has 0 saturated carbocycles. The predicted molar refractivity (Wildman–Crippen MR) is 123 cm³/mol. The second-order valence-corrected chi connectivity index (χ2v) is 8.05.